The maximum absolute atomic E-state index is 4.00. The summed E-state index contributed by atoms with van der Waals surface area (Å²) >= 11 is 4.00. The third kappa shape index (κ3) is 53.8. The van der Waals surface area contributed by atoms with Crippen molar-refractivity contribution in [2.75, 3.05) is 0 Å². The van der Waals surface area contributed by atoms with Crippen molar-refractivity contribution in [1.29, 1.82) is 0 Å². The first kappa shape index (κ1) is 33.3. The topological polar surface area (TPSA) is 60.0 Å². The van der Waals surface area contributed by atoms with Crippen LogP contribution in [0.1, 0.15) is 0 Å². The Morgan fingerprint density at radius 1 is 0.714 bits per heavy atom. The van der Waals surface area contributed by atoms with E-state index in [9.17, 15) is 0 Å². The van der Waals surface area contributed by atoms with Crippen LogP contribution >= 0.6 is 21.0 Å². The Kier molecular flexibility index (Phi) is 338. The minimum absolute atomic E-state index is 0. The summed E-state index contributed by atoms with van der Waals surface area (Å²) in [5.74, 6) is 0. The third-order valence-corrected chi connectivity index (χ3v) is 0. The Labute approximate surface area is 97.2 Å². The second kappa shape index (κ2) is 71.2. The maximum Gasteiger partial charge on any atom is 2.00 e. The molecule has 0 spiro atoms. The minimum atomic E-state index is 0. The van der Waals surface area contributed by atoms with Crippen LogP contribution in [0.2, 0.25) is 0 Å². The monoisotopic (exact) mass is 192 g/mol. The van der Waals surface area contributed by atoms with E-state index >= 15 is 0 Å². The van der Waals surface area contributed by atoms with E-state index < -0.39 is 0 Å². The fourth-order valence-electron chi connectivity index (χ4n) is 0. The number of hydrogen-bond acceptors (Lipinski definition) is 4. The maximum atomic E-state index is 4.00. The molecule has 0 aromatic rings. The Bertz CT molecular complexity index is 15.7. The van der Waals surface area contributed by atoms with Gasteiger partial charge < -0.3 is 11.0 Å². The van der Waals surface area contributed by atoms with Gasteiger partial charge in [-0.25, -0.2) is 0 Å². The van der Waals surface area contributed by atoms with Gasteiger partial charge in [-0.15, -0.1) is 0 Å². The van der Waals surface area contributed by atoms with Crippen LogP contribution in [-0.2, 0) is 0 Å². The van der Waals surface area contributed by atoms with Gasteiger partial charge in [0.05, 0.1) is 0 Å². The van der Waals surface area contributed by atoms with Gasteiger partial charge in [0.15, 0.2) is 0 Å². The van der Waals surface area contributed by atoms with Crippen molar-refractivity contribution in [3.05, 3.63) is 0 Å². The molecule has 0 aliphatic carbocycles. The molecule has 0 saturated carbocycles. The summed E-state index contributed by atoms with van der Waals surface area (Å²) in [4.78, 5) is 0. The van der Waals surface area contributed by atoms with Crippen molar-refractivity contribution >= 4 is 88.0 Å². The van der Waals surface area contributed by atoms with Crippen molar-refractivity contribution in [3.63, 3.8) is 0 Å². The molecule has 0 amide bonds. The quantitative estimate of drug-likeness (QED) is 0.499. The van der Waals surface area contributed by atoms with Gasteiger partial charge in [0.25, 0.3) is 0 Å². The molecule has 0 atom stereocenters. The first-order chi connectivity index (χ1) is 2.00. The van der Waals surface area contributed by atoms with Crippen molar-refractivity contribution in [2.24, 2.45) is 0 Å². The normalized spacial score (nSPS) is 0.857. The zero-order chi connectivity index (χ0) is 4.00. The van der Waals surface area contributed by atoms with E-state index in [4.69, 9.17) is 0 Å². The molecule has 7 heavy (non-hydrogen) atoms. The van der Waals surface area contributed by atoms with Gasteiger partial charge in [0, 0.05) is 0 Å². The average molecular weight is 192 g/mol. The summed E-state index contributed by atoms with van der Waals surface area (Å²) in [5.41, 5.74) is 0. The zero-order valence-corrected chi connectivity index (χ0v) is 9.72. The summed E-state index contributed by atoms with van der Waals surface area (Å²) in [5, 5.41) is 0. The summed E-state index contributed by atoms with van der Waals surface area (Å²) < 4.78 is 0. The Balaban J connectivity index is -0.00000000267. The molecule has 0 aromatic heterocycles. The minimum Gasteiger partial charge on any atom is -0.870 e. The van der Waals surface area contributed by atoms with Crippen LogP contribution in [-0.4, -0.2) is 78.0 Å². The van der Waals surface area contributed by atoms with E-state index in [-0.39, 0.29) is 48.7 Å². The fraction of sp³-hybridized carbons (Fsp3) is 0. The number of rotatable bonds is 0. The van der Waals surface area contributed by atoms with Crippen molar-refractivity contribution < 1.29 is 11.0 Å². The second-order valence-corrected chi connectivity index (χ2v) is 0. The second-order valence-electron chi connectivity index (χ2n) is 0. The Morgan fingerprint density at radius 3 is 0.714 bits per heavy atom. The average Bonchev–Trinajstić information content (AvgIpc) is 1.50. The van der Waals surface area contributed by atoms with E-state index in [0.717, 1.165) is 0 Å². The van der Waals surface area contributed by atoms with Crippen molar-refractivity contribution in [1.82, 2.24) is 0 Å². The molecule has 0 aromatic carbocycles. The van der Waals surface area contributed by atoms with Crippen molar-refractivity contribution in [2.45, 2.75) is 0 Å². The predicted octanol–water partition coefficient (Wildman–Crippen LogP) is -0.200. The molecular formula is H2Al2CaO2S2. The molecule has 34 valence electrons. The molecule has 0 aliphatic rings. The molecule has 7 heteroatoms. The van der Waals surface area contributed by atoms with E-state index in [1.165, 1.54) is 0 Å². The molecule has 2 N–H and O–H groups in total. The largest absolute Gasteiger partial charge is 2.00 e. The molecule has 0 unspecified atom stereocenters. The first-order valence-corrected chi connectivity index (χ1v) is 4.24. The van der Waals surface area contributed by atoms with Gasteiger partial charge in [0.2, 0.25) is 0 Å². The van der Waals surface area contributed by atoms with Gasteiger partial charge >= 0.3 is 88.0 Å². The SMILES string of the molecule is [Al]=[S].[Al]=[S].[Ca+2].[OH-].[OH-]. The molecule has 2 radical (unpaired) electrons. The smallest absolute Gasteiger partial charge is 0.870 e. The van der Waals surface area contributed by atoms with E-state index in [0.29, 0.717) is 0 Å². The van der Waals surface area contributed by atoms with Crippen LogP contribution in [0.15, 0.2) is 0 Å². The molecule has 0 heterocycles. The standard InChI is InChI=1S/2Al.Ca.2H2O.2S/h;;;2*1H2;;/q;;+2;;;;/p-2. The van der Waals surface area contributed by atoms with Crippen LogP contribution in [0.4, 0.5) is 0 Å². The first-order valence-electron chi connectivity index (χ1n) is 0.471. The predicted molar refractivity (Wildman–Crippen MR) is 36.3 cm³/mol. The third-order valence-electron chi connectivity index (χ3n) is 0. The molecular weight excluding hydrogens is 190 g/mol. The molecule has 0 saturated heterocycles. The zero-order valence-electron chi connectivity index (χ0n) is 3.57. The molecule has 0 aliphatic heterocycles. The number of hydrogen-bond donors (Lipinski definition) is 0. The summed E-state index contributed by atoms with van der Waals surface area (Å²) in [6, 6.07) is 0. The van der Waals surface area contributed by atoms with Gasteiger partial charge in [-0.1, -0.05) is 0 Å². The van der Waals surface area contributed by atoms with Gasteiger partial charge in [0.1, 0.15) is 0 Å². The molecule has 2 nitrogen and oxygen atoms in total. The van der Waals surface area contributed by atoms with Crippen LogP contribution < -0.4 is 0 Å². The molecule has 0 rings (SSSR count). The van der Waals surface area contributed by atoms with Crippen LogP contribution in [0.25, 0.3) is 0 Å². The Morgan fingerprint density at radius 2 is 0.714 bits per heavy atom. The molecule has 0 fully saturated rings. The Hall–Kier alpha value is 2.68. The molecule has 0 bridgehead atoms. The van der Waals surface area contributed by atoms with E-state index in [1.807, 2.05) is 29.3 Å². The van der Waals surface area contributed by atoms with Gasteiger partial charge in [-0.3, -0.25) is 0 Å². The summed E-state index contributed by atoms with van der Waals surface area (Å²) in [7, 11) is 8.00. The fourth-order valence-corrected chi connectivity index (χ4v) is 0. The van der Waals surface area contributed by atoms with E-state index in [2.05, 4.69) is 21.0 Å². The summed E-state index contributed by atoms with van der Waals surface area (Å²) in [6.45, 7) is 0. The van der Waals surface area contributed by atoms with Crippen LogP contribution in [0, 0.1) is 0 Å². The summed E-state index contributed by atoms with van der Waals surface area (Å²) in [6.07, 6.45) is 0. The van der Waals surface area contributed by atoms with Crippen molar-refractivity contribution in [3.8, 4) is 0 Å². The van der Waals surface area contributed by atoms with Crippen LogP contribution in [0.5, 0.6) is 0 Å². The van der Waals surface area contributed by atoms with Crippen LogP contribution in [0.3, 0.4) is 0 Å². The van der Waals surface area contributed by atoms with E-state index in [1.54, 1.807) is 0 Å². The van der Waals surface area contributed by atoms with Gasteiger partial charge in [-0.05, 0) is 0 Å². The van der Waals surface area contributed by atoms with Gasteiger partial charge in [-0.2, -0.15) is 0 Å².